The van der Waals surface area contributed by atoms with Crippen LogP contribution in [0, 0.1) is 0 Å². The number of methoxy groups -OCH3 is 1. The number of benzene rings is 3. The summed E-state index contributed by atoms with van der Waals surface area (Å²) >= 11 is 6.04. The van der Waals surface area contributed by atoms with E-state index in [1.54, 1.807) is 54.6 Å². The maximum absolute atomic E-state index is 13.6. The van der Waals surface area contributed by atoms with Crippen molar-refractivity contribution in [1.29, 1.82) is 0 Å². The molecule has 7 heteroatoms. The van der Waals surface area contributed by atoms with Crippen LogP contribution in [0.25, 0.3) is 39.1 Å². The fourth-order valence-electron chi connectivity index (χ4n) is 3.52. The van der Waals surface area contributed by atoms with Gasteiger partial charge in [0.05, 0.1) is 18.2 Å². The Morgan fingerprint density at radius 3 is 2.42 bits per heavy atom. The number of nitrogens with zero attached hydrogens (tertiary/aromatic N) is 2. The minimum Gasteiger partial charge on any atom is -0.497 e. The Morgan fingerprint density at radius 1 is 0.968 bits per heavy atom. The van der Waals surface area contributed by atoms with Crippen molar-refractivity contribution < 1.29 is 9.15 Å². The number of rotatable bonds is 3. The molecule has 0 unspecified atom stereocenters. The van der Waals surface area contributed by atoms with Gasteiger partial charge in [-0.2, -0.15) is 4.98 Å². The largest absolute Gasteiger partial charge is 0.497 e. The summed E-state index contributed by atoms with van der Waals surface area (Å²) in [4.78, 5) is 31.4. The lowest BCUT2D eigenvalue weighted by molar-refractivity contribution is 0.414. The zero-order chi connectivity index (χ0) is 21.5. The summed E-state index contributed by atoms with van der Waals surface area (Å²) in [6, 6.07) is 20.8. The summed E-state index contributed by atoms with van der Waals surface area (Å²) < 4.78 is 12.5. The summed E-state index contributed by atoms with van der Waals surface area (Å²) in [5.74, 6) is 0.872. The number of hydrogen-bond donors (Lipinski definition) is 0. The minimum atomic E-state index is -0.507. The molecule has 0 saturated heterocycles. The van der Waals surface area contributed by atoms with E-state index >= 15 is 0 Å². The van der Waals surface area contributed by atoms with E-state index in [-0.39, 0.29) is 16.5 Å². The van der Waals surface area contributed by atoms with E-state index < -0.39 is 11.0 Å². The average molecular weight is 431 g/mol. The molecule has 6 nitrogen and oxygen atoms in total. The van der Waals surface area contributed by atoms with E-state index in [2.05, 4.69) is 4.98 Å². The summed E-state index contributed by atoms with van der Waals surface area (Å²) in [7, 11) is 1.52. The van der Waals surface area contributed by atoms with Crippen molar-refractivity contribution in [3.63, 3.8) is 0 Å². The Kier molecular flexibility index (Phi) is 4.56. The van der Waals surface area contributed by atoms with Crippen LogP contribution < -0.4 is 15.7 Å². The van der Waals surface area contributed by atoms with Crippen LogP contribution in [0.5, 0.6) is 5.75 Å². The molecule has 0 spiro atoms. The van der Waals surface area contributed by atoms with Crippen molar-refractivity contribution in [1.82, 2.24) is 9.55 Å². The fourth-order valence-corrected chi connectivity index (χ4v) is 3.65. The molecule has 0 saturated carbocycles. The fraction of sp³-hybridized carbons (Fsp3) is 0.0417. The molecule has 0 aliphatic heterocycles. The molecule has 0 radical (unpaired) electrons. The van der Waals surface area contributed by atoms with E-state index in [1.165, 1.54) is 11.7 Å². The Bertz CT molecular complexity index is 1560. The van der Waals surface area contributed by atoms with Gasteiger partial charge >= 0.3 is 0 Å². The van der Waals surface area contributed by atoms with Gasteiger partial charge in [-0.15, -0.1) is 0 Å². The molecule has 0 bridgehead atoms. The standard InChI is InChI=1S/C24H15ClN2O4/c1-30-17-11-12-18-19(13-17)31-23-20(21(18)28)24(29)27(16-5-3-2-4-6-16)22(26-23)14-7-9-15(25)10-8-14/h2-13H,1H3. The van der Waals surface area contributed by atoms with Crippen LogP contribution in [0.3, 0.4) is 0 Å². The third kappa shape index (κ3) is 3.17. The Hall–Kier alpha value is -3.90. The van der Waals surface area contributed by atoms with Gasteiger partial charge in [0, 0.05) is 16.7 Å². The van der Waals surface area contributed by atoms with E-state index in [0.29, 0.717) is 33.4 Å². The van der Waals surface area contributed by atoms with Crippen LogP contribution in [0.2, 0.25) is 5.02 Å². The zero-order valence-corrected chi connectivity index (χ0v) is 17.1. The van der Waals surface area contributed by atoms with Crippen molar-refractivity contribution in [3.05, 3.63) is 98.4 Å². The SMILES string of the molecule is COc1ccc2c(=O)c3c(=O)n(-c4ccccc4)c(-c4ccc(Cl)cc4)nc3oc2c1. The van der Waals surface area contributed by atoms with Gasteiger partial charge in [-0.25, -0.2) is 0 Å². The van der Waals surface area contributed by atoms with Crippen molar-refractivity contribution in [2.45, 2.75) is 0 Å². The van der Waals surface area contributed by atoms with Gasteiger partial charge in [0.15, 0.2) is 11.2 Å². The van der Waals surface area contributed by atoms with E-state index in [9.17, 15) is 9.59 Å². The second kappa shape index (κ2) is 7.41. The van der Waals surface area contributed by atoms with Gasteiger partial charge < -0.3 is 9.15 Å². The molecule has 2 heterocycles. The van der Waals surface area contributed by atoms with Gasteiger partial charge in [-0.3, -0.25) is 14.2 Å². The number of para-hydroxylation sites is 1. The van der Waals surface area contributed by atoms with Crippen molar-refractivity contribution in [3.8, 4) is 22.8 Å². The topological polar surface area (TPSA) is 74.3 Å². The van der Waals surface area contributed by atoms with Crippen LogP contribution in [0.1, 0.15) is 0 Å². The van der Waals surface area contributed by atoms with E-state index in [1.807, 2.05) is 18.2 Å². The third-order valence-electron chi connectivity index (χ3n) is 5.03. The molecule has 3 aromatic carbocycles. The summed E-state index contributed by atoms with van der Waals surface area (Å²) in [6.45, 7) is 0. The highest BCUT2D eigenvalue weighted by atomic mass is 35.5. The second-order valence-electron chi connectivity index (χ2n) is 6.89. The first-order chi connectivity index (χ1) is 15.1. The van der Waals surface area contributed by atoms with Crippen LogP contribution in [-0.4, -0.2) is 16.7 Å². The van der Waals surface area contributed by atoms with Gasteiger partial charge in [-0.05, 0) is 48.5 Å². The predicted molar refractivity (Wildman–Crippen MR) is 120 cm³/mol. The maximum Gasteiger partial charge on any atom is 0.273 e. The first-order valence-electron chi connectivity index (χ1n) is 9.46. The third-order valence-corrected chi connectivity index (χ3v) is 5.29. The molecule has 2 aromatic heterocycles. The molecule has 0 atom stereocenters. The lowest BCUT2D eigenvalue weighted by Gasteiger charge is -2.13. The molecule has 0 aliphatic carbocycles. The lowest BCUT2D eigenvalue weighted by Crippen LogP contribution is -2.26. The molecular formula is C24H15ClN2O4. The van der Waals surface area contributed by atoms with Crippen LogP contribution in [0.15, 0.2) is 86.8 Å². The smallest absolute Gasteiger partial charge is 0.273 e. The highest BCUT2D eigenvalue weighted by molar-refractivity contribution is 6.30. The summed E-state index contributed by atoms with van der Waals surface area (Å²) in [5, 5.41) is 0.730. The summed E-state index contributed by atoms with van der Waals surface area (Å²) in [6.07, 6.45) is 0. The second-order valence-corrected chi connectivity index (χ2v) is 7.33. The summed E-state index contributed by atoms with van der Waals surface area (Å²) in [5.41, 5.74) is 0.550. The molecule has 0 fully saturated rings. The molecule has 152 valence electrons. The number of hydrogen-bond acceptors (Lipinski definition) is 5. The van der Waals surface area contributed by atoms with Gasteiger partial charge in [0.1, 0.15) is 11.3 Å². The normalized spacial score (nSPS) is 11.2. The Balaban J connectivity index is 1.94. The van der Waals surface area contributed by atoms with Crippen molar-refractivity contribution >= 4 is 33.7 Å². The molecule has 0 aliphatic rings. The first-order valence-corrected chi connectivity index (χ1v) is 9.83. The molecule has 0 amide bonds. The monoisotopic (exact) mass is 430 g/mol. The van der Waals surface area contributed by atoms with E-state index in [0.717, 1.165) is 0 Å². The van der Waals surface area contributed by atoms with Gasteiger partial charge in [0.25, 0.3) is 5.56 Å². The average Bonchev–Trinajstić information content (AvgIpc) is 2.79. The number of halogens is 1. The first kappa shape index (κ1) is 19.1. The van der Waals surface area contributed by atoms with E-state index in [4.69, 9.17) is 20.8 Å². The van der Waals surface area contributed by atoms with Gasteiger partial charge in [-0.1, -0.05) is 29.8 Å². The lowest BCUT2D eigenvalue weighted by atomic mass is 10.1. The van der Waals surface area contributed by atoms with Crippen LogP contribution >= 0.6 is 11.6 Å². The number of aromatic nitrogens is 2. The van der Waals surface area contributed by atoms with Crippen LogP contribution in [0.4, 0.5) is 0 Å². The zero-order valence-electron chi connectivity index (χ0n) is 16.3. The number of fused-ring (bicyclic) bond motifs is 2. The quantitative estimate of drug-likeness (QED) is 0.383. The van der Waals surface area contributed by atoms with Gasteiger partial charge in [0.2, 0.25) is 11.1 Å². The number of ether oxygens (including phenoxy) is 1. The van der Waals surface area contributed by atoms with Crippen molar-refractivity contribution in [2.75, 3.05) is 7.11 Å². The molecule has 5 rings (SSSR count). The van der Waals surface area contributed by atoms with Crippen molar-refractivity contribution in [2.24, 2.45) is 0 Å². The molecular weight excluding hydrogens is 416 g/mol. The minimum absolute atomic E-state index is 0.0344. The highest BCUT2D eigenvalue weighted by Gasteiger charge is 2.20. The molecule has 0 N–H and O–H groups in total. The highest BCUT2D eigenvalue weighted by Crippen LogP contribution is 2.25. The Labute approximate surface area is 180 Å². The predicted octanol–water partition coefficient (Wildman–Crippen LogP) is 4.82. The molecule has 31 heavy (non-hydrogen) atoms. The maximum atomic E-state index is 13.6. The molecule has 5 aromatic rings. The van der Waals surface area contributed by atoms with Crippen LogP contribution in [-0.2, 0) is 0 Å². The Morgan fingerprint density at radius 2 is 1.71 bits per heavy atom.